The molecule has 0 aromatic heterocycles. The molecule has 0 radical (unpaired) electrons. The van der Waals surface area contributed by atoms with E-state index in [2.05, 4.69) is 12.2 Å². The van der Waals surface area contributed by atoms with Gasteiger partial charge >= 0.3 is 5.97 Å². The highest BCUT2D eigenvalue weighted by Gasteiger charge is 2.50. The van der Waals surface area contributed by atoms with Crippen molar-refractivity contribution in [3.8, 4) is 0 Å². The summed E-state index contributed by atoms with van der Waals surface area (Å²) < 4.78 is 5.70. The van der Waals surface area contributed by atoms with Gasteiger partial charge in [-0.2, -0.15) is 0 Å². The van der Waals surface area contributed by atoms with Gasteiger partial charge in [0.15, 0.2) is 0 Å². The van der Waals surface area contributed by atoms with Crippen molar-refractivity contribution in [3.05, 3.63) is 40.5 Å². The molecule has 24 heavy (non-hydrogen) atoms. The molecule has 1 aliphatic carbocycles. The molecule has 0 saturated heterocycles. The first-order chi connectivity index (χ1) is 11.3. The minimum Gasteiger partial charge on any atom is -0.451 e. The lowest BCUT2D eigenvalue weighted by Crippen LogP contribution is -2.40. The molecule has 1 aromatic rings. The van der Waals surface area contributed by atoms with Crippen molar-refractivity contribution < 1.29 is 14.3 Å². The Morgan fingerprint density at radius 1 is 1.21 bits per heavy atom. The molecule has 1 amide bonds. The number of benzene rings is 1. The van der Waals surface area contributed by atoms with Crippen LogP contribution >= 0.6 is 0 Å². The lowest BCUT2D eigenvalue weighted by atomic mass is 9.75. The Balaban J connectivity index is 1.91. The first-order valence-corrected chi connectivity index (χ1v) is 8.66. The molecule has 0 unspecified atom stereocenters. The van der Waals surface area contributed by atoms with Crippen LogP contribution in [0.3, 0.4) is 0 Å². The van der Waals surface area contributed by atoms with Crippen molar-refractivity contribution in [1.29, 1.82) is 0 Å². The zero-order valence-electron chi connectivity index (χ0n) is 14.9. The molecule has 1 spiro atoms. The predicted molar refractivity (Wildman–Crippen MR) is 93.7 cm³/mol. The van der Waals surface area contributed by atoms with Gasteiger partial charge in [0.2, 0.25) is 0 Å². The lowest BCUT2D eigenvalue weighted by molar-refractivity contribution is -0.150. The van der Waals surface area contributed by atoms with E-state index in [0.29, 0.717) is 17.1 Å². The third-order valence-electron chi connectivity index (χ3n) is 5.59. The summed E-state index contributed by atoms with van der Waals surface area (Å²) >= 11 is 0. The zero-order valence-corrected chi connectivity index (χ0v) is 14.9. The van der Waals surface area contributed by atoms with Crippen molar-refractivity contribution in [2.75, 3.05) is 5.32 Å². The van der Waals surface area contributed by atoms with E-state index >= 15 is 0 Å². The molecule has 1 aliphatic heterocycles. The van der Waals surface area contributed by atoms with Gasteiger partial charge in [0, 0.05) is 11.3 Å². The first-order valence-electron chi connectivity index (χ1n) is 8.66. The molecule has 0 atom stereocenters. The smallest absolute Gasteiger partial charge is 0.335 e. The summed E-state index contributed by atoms with van der Waals surface area (Å²) in [5.41, 5.74) is 3.21. The monoisotopic (exact) mass is 327 g/mol. The average Bonchev–Trinajstić information content (AvgIpc) is 2.78. The summed E-state index contributed by atoms with van der Waals surface area (Å²) in [6, 6.07) is 5.83. The van der Waals surface area contributed by atoms with Crippen LogP contribution in [0.4, 0.5) is 5.69 Å². The second kappa shape index (κ2) is 6.08. The summed E-state index contributed by atoms with van der Waals surface area (Å²) in [6.07, 6.45) is 3.40. The Kier molecular flexibility index (Phi) is 4.24. The number of hydrogen-bond donors (Lipinski definition) is 1. The van der Waals surface area contributed by atoms with Crippen molar-refractivity contribution in [2.45, 2.75) is 59.0 Å². The Labute approximate surface area is 143 Å². The maximum atomic E-state index is 13.0. The maximum Gasteiger partial charge on any atom is 0.335 e. The van der Waals surface area contributed by atoms with Gasteiger partial charge in [0.05, 0.1) is 5.57 Å². The van der Waals surface area contributed by atoms with Crippen LogP contribution in [0.15, 0.2) is 29.3 Å². The van der Waals surface area contributed by atoms with E-state index in [1.54, 1.807) is 6.92 Å². The molecule has 2 aliphatic rings. The number of carbonyl (C=O) groups is 2. The summed E-state index contributed by atoms with van der Waals surface area (Å²) in [5, 5.41) is 3.00. The van der Waals surface area contributed by atoms with Crippen LogP contribution in [0.1, 0.15) is 50.7 Å². The fraction of sp³-hybridized carbons (Fsp3) is 0.500. The Bertz CT molecular complexity index is 724. The van der Waals surface area contributed by atoms with Gasteiger partial charge in [-0.3, -0.25) is 4.79 Å². The van der Waals surface area contributed by atoms with E-state index in [9.17, 15) is 9.59 Å². The van der Waals surface area contributed by atoms with Crippen LogP contribution < -0.4 is 5.32 Å². The third-order valence-corrected chi connectivity index (χ3v) is 5.59. The number of ether oxygens (including phenoxy) is 1. The van der Waals surface area contributed by atoms with E-state index in [-0.39, 0.29) is 11.9 Å². The molecule has 0 bridgehead atoms. The molecular formula is C20H25NO3. The fourth-order valence-electron chi connectivity index (χ4n) is 3.78. The Morgan fingerprint density at radius 3 is 2.54 bits per heavy atom. The Morgan fingerprint density at radius 2 is 1.88 bits per heavy atom. The number of amides is 1. The zero-order chi connectivity index (χ0) is 17.5. The Hall–Kier alpha value is -2.10. The van der Waals surface area contributed by atoms with E-state index in [4.69, 9.17) is 4.74 Å². The largest absolute Gasteiger partial charge is 0.451 e. The van der Waals surface area contributed by atoms with Gasteiger partial charge in [-0.15, -0.1) is 0 Å². The quantitative estimate of drug-likeness (QED) is 0.833. The highest BCUT2D eigenvalue weighted by Crippen LogP contribution is 2.45. The van der Waals surface area contributed by atoms with Crippen LogP contribution in [-0.4, -0.2) is 17.5 Å². The van der Waals surface area contributed by atoms with E-state index in [0.717, 1.165) is 42.5 Å². The van der Waals surface area contributed by atoms with Gasteiger partial charge in [-0.25, -0.2) is 4.79 Å². The van der Waals surface area contributed by atoms with E-state index in [1.165, 1.54) is 0 Å². The highest BCUT2D eigenvalue weighted by molar-refractivity contribution is 6.12. The number of rotatable bonds is 2. The summed E-state index contributed by atoms with van der Waals surface area (Å²) in [6.45, 7) is 7.91. The van der Waals surface area contributed by atoms with Crippen LogP contribution in [0.25, 0.3) is 0 Å². The fourth-order valence-corrected chi connectivity index (χ4v) is 3.78. The van der Waals surface area contributed by atoms with Crippen molar-refractivity contribution in [3.63, 3.8) is 0 Å². The number of hydrogen-bond acceptors (Lipinski definition) is 3. The normalized spacial score (nSPS) is 26.7. The van der Waals surface area contributed by atoms with Crippen molar-refractivity contribution in [1.82, 2.24) is 0 Å². The average molecular weight is 327 g/mol. The predicted octanol–water partition coefficient (Wildman–Crippen LogP) is 4.06. The van der Waals surface area contributed by atoms with Gasteiger partial charge in [0.25, 0.3) is 5.91 Å². The minimum atomic E-state index is -0.727. The second-order valence-electron chi connectivity index (χ2n) is 7.27. The summed E-state index contributed by atoms with van der Waals surface area (Å²) in [5.74, 6) is 0.0517. The maximum absolute atomic E-state index is 13.0. The minimum absolute atomic E-state index is 0.207. The number of carbonyl (C=O) groups excluding carboxylic acids is 2. The van der Waals surface area contributed by atoms with E-state index < -0.39 is 5.60 Å². The van der Waals surface area contributed by atoms with Gasteiger partial charge in [-0.05, 0) is 69.6 Å². The molecule has 1 N–H and O–H groups in total. The number of aryl methyl sites for hydroxylation is 1. The molecule has 1 aromatic carbocycles. The number of anilines is 1. The second-order valence-corrected chi connectivity index (χ2v) is 7.27. The molecule has 4 nitrogen and oxygen atoms in total. The number of esters is 1. The summed E-state index contributed by atoms with van der Waals surface area (Å²) in [4.78, 5) is 25.1. The standard InChI is InChI=1S/C20H25NO3/c1-12-8-10-20(11-9-12)17(15(4)19(23)24-20)18(22)21-16-7-5-6-13(2)14(16)3/h5-7,12H,8-11H2,1-4H3,(H,21,22). The van der Waals surface area contributed by atoms with Gasteiger partial charge < -0.3 is 10.1 Å². The topological polar surface area (TPSA) is 55.4 Å². The van der Waals surface area contributed by atoms with E-state index in [1.807, 2.05) is 32.0 Å². The highest BCUT2D eigenvalue weighted by atomic mass is 16.6. The van der Waals surface area contributed by atoms with Crippen molar-refractivity contribution >= 4 is 17.6 Å². The van der Waals surface area contributed by atoms with Crippen LogP contribution in [0, 0.1) is 19.8 Å². The van der Waals surface area contributed by atoms with Crippen LogP contribution in [0.2, 0.25) is 0 Å². The molecule has 4 heteroatoms. The van der Waals surface area contributed by atoms with Crippen LogP contribution in [0.5, 0.6) is 0 Å². The summed E-state index contributed by atoms with van der Waals surface area (Å²) in [7, 11) is 0. The molecule has 1 heterocycles. The molecule has 1 saturated carbocycles. The lowest BCUT2D eigenvalue weighted by Gasteiger charge is -2.36. The number of nitrogens with one attached hydrogen (secondary N) is 1. The molecule has 1 fully saturated rings. The molecule has 128 valence electrons. The van der Waals surface area contributed by atoms with Crippen molar-refractivity contribution in [2.24, 2.45) is 5.92 Å². The SMILES string of the molecule is CC1=C(C(=O)Nc2cccc(C)c2C)C2(CCC(C)CC2)OC1=O. The van der Waals surface area contributed by atoms with Gasteiger partial charge in [0.1, 0.15) is 5.60 Å². The first kappa shape index (κ1) is 16.7. The van der Waals surface area contributed by atoms with Gasteiger partial charge in [-0.1, -0.05) is 19.1 Å². The van der Waals surface area contributed by atoms with Crippen LogP contribution in [-0.2, 0) is 14.3 Å². The third kappa shape index (κ3) is 2.74. The molecule has 3 rings (SSSR count). The molecular weight excluding hydrogens is 302 g/mol.